The van der Waals surface area contributed by atoms with E-state index in [4.69, 9.17) is 0 Å². The van der Waals surface area contributed by atoms with Gasteiger partial charge in [0.05, 0.1) is 7.11 Å². The Hall–Kier alpha value is -1.56. The second-order valence-electron chi connectivity index (χ2n) is 4.20. The zero-order valence-corrected chi connectivity index (χ0v) is 12.0. The maximum Gasteiger partial charge on any atom is 0.331 e. The normalized spacial score (nSPS) is 10.7. The predicted octanol–water partition coefficient (Wildman–Crippen LogP) is 2.52. The molecule has 6 heteroatoms. The summed E-state index contributed by atoms with van der Waals surface area (Å²) in [5.74, 6) is -0.506. The first-order valence-corrected chi connectivity index (χ1v) is 6.07. The molecule has 0 aliphatic rings. The van der Waals surface area contributed by atoms with Crippen molar-refractivity contribution in [1.29, 1.82) is 0 Å². The van der Waals surface area contributed by atoms with E-state index in [1.54, 1.807) is 38.1 Å². The Balaban J connectivity index is 2.62. The van der Waals surface area contributed by atoms with Gasteiger partial charge in [0.1, 0.15) is 5.54 Å². The van der Waals surface area contributed by atoms with E-state index in [2.05, 4.69) is 31.3 Å². The lowest BCUT2D eigenvalue weighted by atomic mass is 10.1. The van der Waals surface area contributed by atoms with Crippen LogP contribution in [0.3, 0.4) is 0 Å². The molecule has 1 aromatic rings. The molecule has 98 valence electrons. The van der Waals surface area contributed by atoms with E-state index in [0.29, 0.717) is 5.69 Å². The number of carbonyl (C=O) groups is 2. The molecule has 18 heavy (non-hydrogen) atoms. The number of nitrogens with one attached hydrogen (secondary N) is 2. The average Bonchev–Trinajstić information content (AvgIpc) is 2.30. The highest BCUT2D eigenvalue weighted by atomic mass is 79.9. The van der Waals surface area contributed by atoms with Gasteiger partial charge in [-0.2, -0.15) is 0 Å². The molecule has 0 bridgehead atoms. The Kier molecular flexibility index (Phi) is 4.72. The molecule has 1 rings (SSSR count). The summed E-state index contributed by atoms with van der Waals surface area (Å²) in [6.45, 7) is 3.14. The van der Waals surface area contributed by atoms with Crippen molar-refractivity contribution in [2.75, 3.05) is 12.4 Å². The molecule has 0 unspecified atom stereocenters. The van der Waals surface area contributed by atoms with Crippen LogP contribution in [0.2, 0.25) is 0 Å². The zero-order valence-electron chi connectivity index (χ0n) is 10.4. The Bertz CT molecular complexity index is 443. The number of methoxy groups -OCH3 is 1. The monoisotopic (exact) mass is 314 g/mol. The zero-order chi connectivity index (χ0) is 13.8. The van der Waals surface area contributed by atoms with E-state index in [9.17, 15) is 9.59 Å². The minimum Gasteiger partial charge on any atom is -0.467 e. The molecule has 0 aliphatic carbocycles. The molecular weight excluding hydrogens is 300 g/mol. The lowest BCUT2D eigenvalue weighted by Crippen LogP contribution is -2.51. The molecule has 5 nitrogen and oxygen atoms in total. The lowest BCUT2D eigenvalue weighted by Gasteiger charge is -2.23. The van der Waals surface area contributed by atoms with Gasteiger partial charge in [0.15, 0.2) is 0 Å². The number of hydrogen-bond donors (Lipinski definition) is 2. The number of urea groups is 1. The van der Waals surface area contributed by atoms with Crippen LogP contribution in [-0.2, 0) is 9.53 Å². The van der Waals surface area contributed by atoms with Crippen LogP contribution in [0.15, 0.2) is 28.7 Å². The van der Waals surface area contributed by atoms with E-state index in [1.165, 1.54) is 7.11 Å². The van der Waals surface area contributed by atoms with Crippen molar-refractivity contribution in [2.24, 2.45) is 0 Å². The molecule has 0 radical (unpaired) electrons. The summed E-state index contributed by atoms with van der Waals surface area (Å²) in [7, 11) is 1.28. The van der Waals surface area contributed by atoms with Gasteiger partial charge >= 0.3 is 12.0 Å². The van der Waals surface area contributed by atoms with Crippen LogP contribution in [-0.4, -0.2) is 24.6 Å². The summed E-state index contributed by atoms with van der Waals surface area (Å²) in [5.41, 5.74) is -0.440. The molecule has 0 fully saturated rings. The molecule has 2 N–H and O–H groups in total. The van der Waals surface area contributed by atoms with E-state index in [0.717, 1.165) is 4.47 Å². The number of benzene rings is 1. The number of hydrogen-bond acceptors (Lipinski definition) is 3. The SMILES string of the molecule is COC(=O)C(C)(C)NC(=O)Nc1ccc(Br)cc1. The molecular formula is C12H15BrN2O3. The molecule has 0 atom stereocenters. The summed E-state index contributed by atoms with van der Waals surface area (Å²) >= 11 is 3.30. The maximum atomic E-state index is 11.7. The lowest BCUT2D eigenvalue weighted by molar-refractivity contribution is -0.146. The van der Waals surface area contributed by atoms with Gasteiger partial charge in [0.25, 0.3) is 0 Å². The van der Waals surface area contributed by atoms with Gasteiger partial charge in [-0.1, -0.05) is 15.9 Å². The minimum atomic E-state index is -1.08. The molecule has 1 aromatic carbocycles. The van der Waals surface area contributed by atoms with Crippen LogP contribution in [0.1, 0.15) is 13.8 Å². The maximum absolute atomic E-state index is 11.7. The first-order chi connectivity index (χ1) is 8.35. The number of amides is 2. The van der Waals surface area contributed by atoms with Crippen molar-refractivity contribution < 1.29 is 14.3 Å². The molecule has 0 saturated heterocycles. The highest BCUT2D eigenvalue weighted by Crippen LogP contribution is 2.14. The van der Waals surface area contributed by atoms with Crippen molar-refractivity contribution in [1.82, 2.24) is 5.32 Å². The second-order valence-corrected chi connectivity index (χ2v) is 5.12. The van der Waals surface area contributed by atoms with Crippen LogP contribution >= 0.6 is 15.9 Å². The Morgan fingerprint density at radius 3 is 2.28 bits per heavy atom. The summed E-state index contributed by atoms with van der Waals surface area (Å²) in [6.07, 6.45) is 0. The number of ether oxygens (including phenoxy) is 1. The summed E-state index contributed by atoms with van der Waals surface area (Å²) < 4.78 is 5.51. The first-order valence-electron chi connectivity index (χ1n) is 5.28. The Morgan fingerprint density at radius 2 is 1.78 bits per heavy atom. The minimum absolute atomic E-state index is 0.465. The highest BCUT2D eigenvalue weighted by molar-refractivity contribution is 9.10. The fourth-order valence-electron chi connectivity index (χ4n) is 1.29. The standard InChI is InChI=1S/C12H15BrN2O3/c1-12(2,10(16)18-3)15-11(17)14-9-6-4-8(13)5-7-9/h4-7H,1-3H3,(H2,14,15,17). The third-order valence-electron chi connectivity index (χ3n) is 2.22. The van der Waals surface area contributed by atoms with Crippen LogP contribution < -0.4 is 10.6 Å². The van der Waals surface area contributed by atoms with Crippen LogP contribution in [0.5, 0.6) is 0 Å². The quantitative estimate of drug-likeness (QED) is 0.842. The highest BCUT2D eigenvalue weighted by Gasteiger charge is 2.30. The van der Waals surface area contributed by atoms with Crippen molar-refractivity contribution in [3.8, 4) is 0 Å². The fourth-order valence-corrected chi connectivity index (χ4v) is 1.55. The third-order valence-corrected chi connectivity index (χ3v) is 2.75. The van der Waals surface area contributed by atoms with Crippen LogP contribution in [0.25, 0.3) is 0 Å². The van der Waals surface area contributed by atoms with Gasteiger partial charge < -0.3 is 15.4 Å². The number of carbonyl (C=O) groups excluding carboxylic acids is 2. The van der Waals surface area contributed by atoms with Gasteiger partial charge in [0.2, 0.25) is 0 Å². The fraction of sp³-hybridized carbons (Fsp3) is 0.333. The van der Waals surface area contributed by atoms with Crippen molar-refractivity contribution in [3.05, 3.63) is 28.7 Å². The molecule has 0 aromatic heterocycles. The number of rotatable bonds is 3. The Morgan fingerprint density at radius 1 is 1.22 bits per heavy atom. The van der Waals surface area contributed by atoms with Gasteiger partial charge in [-0.15, -0.1) is 0 Å². The second kappa shape index (κ2) is 5.86. The van der Waals surface area contributed by atoms with E-state index < -0.39 is 17.5 Å². The molecule has 0 heterocycles. The van der Waals surface area contributed by atoms with Gasteiger partial charge in [-0.25, -0.2) is 9.59 Å². The van der Waals surface area contributed by atoms with E-state index >= 15 is 0 Å². The number of anilines is 1. The van der Waals surface area contributed by atoms with Gasteiger partial charge in [-0.05, 0) is 38.1 Å². The van der Waals surface area contributed by atoms with Crippen LogP contribution in [0, 0.1) is 0 Å². The average molecular weight is 315 g/mol. The van der Waals surface area contributed by atoms with Crippen molar-refractivity contribution in [3.63, 3.8) is 0 Å². The Labute approximate surface area is 114 Å². The van der Waals surface area contributed by atoms with Gasteiger partial charge in [0, 0.05) is 10.2 Å². The summed E-state index contributed by atoms with van der Waals surface area (Å²) in [6, 6.07) is 6.64. The number of halogens is 1. The number of esters is 1. The van der Waals surface area contributed by atoms with Crippen LogP contribution in [0.4, 0.5) is 10.5 Å². The topological polar surface area (TPSA) is 67.4 Å². The molecule has 0 spiro atoms. The predicted molar refractivity (Wildman–Crippen MR) is 72.4 cm³/mol. The van der Waals surface area contributed by atoms with Crippen molar-refractivity contribution >= 4 is 33.6 Å². The molecule has 0 aliphatic heterocycles. The van der Waals surface area contributed by atoms with E-state index in [1.807, 2.05) is 0 Å². The molecule has 2 amide bonds. The smallest absolute Gasteiger partial charge is 0.331 e. The summed E-state index contributed by atoms with van der Waals surface area (Å²) in [4.78, 5) is 23.1. The summed E-state index contributed by atoms with van der Waals surface area (Å²) in [5, 5.41) is 5.16. The molecule has 0 saturated carbocycles. The third kappa shape index (κ3) is 4.03. The first kappa shape index (κ1) is 14.5. The largest absolute Gasteiger partial charge is 0.467 e. The van der Waals surface area contributed by atoms with Crippen molar-refractivity contribution in [2.45, 2.75) is 19.4 Å². The van der Waals surface area contributed by atoms with Gasteiger partial charge in [-0.3, -0.25) is 0 Å². The van der Waals surface area contributed by atoms with E-state index in [-0.39, 0.29) is 0 Å².